The summed E-state index contributed by atoms with van der Waals surface area (Å²) in [7, 11) is 0. The molecule has 0 saturated carbocycles. The monoisotopic (exact) mass is 272 g/mol. The van der Waals surface area contributed by atoms with Gasteiger partial charge in [-0.05, 0) is 18.4 Å². The van der Waals surface area contributed by atoms with Gasteiger partial charge in [0.1, 0.15) is 0 Å². The second kappa shape index (κ2) is 5.39. The van der Waals surface area contributed by atoms with E-state index in [4.69, 9.17) is 0 Å². The quantitative estimate of drug-likeness (QED) is 0.849. The van der Waals surface area contributed by atoms with E-state index in [1.54, 1.807) is 4.57 Å². The average Bonchev–Trinajstić information content (AvgIpc) is 2.41. The molecule has 0 radical (unpaired) electrons. The number of benzene rings is 1. The first-order valence-corrected chi connectivity index (χ1v) is 7.37. The van der Waals surface area contributed by atoms with Crippen LogP contribution in [0.3, 0.4) is 0 Å². The third-order valence-electron chi connectivity index (χ3n) is 3.96. The Bertz CT molecular complexity index is 668. The molecule has 1 aromatic carbocycles. The molecule has 0 unspecified atom stereocenters. The first kappa shape index (κ1) is 14.8. The third kappa shape index (κ3) is 2.62. The minimum Gasteiger partial charge on any atom is -0.292 e. The Kier molecular flexibility index (Phi) is 3.98. The van der Waals surface area contributed by atoms with E-state index in [1.807, 2.05) is 18.2 Å². The van der Waals surface area contributed by atoms with E-state index < -0.39 is 0 Å². The zero-order valence-corrected chi connectivity index (χ0v) is 13.1. The van der Waals surface area contributed by atoms with Gasteiger partial charge in [0.2, 0.25) is 0 Å². The molecule has 0 aliphatic carbocycles. The van der Waals surface area contributed by atoms with Crippen LogP contribution < -0.4 is 5.69 Å². The van der Waals surface area contributed by atoms with Crippen LogP contribution in [0.4, 0.5) is 0 Å². The summed E-state index contributed by atoms with van der Waals surface area (Å²) in [6.07, 6.45) is 0.956. The normalized spacial score (nSPS) is 12.3. The largest absolute Gasteiger partial charge is 0.348 e. The summed E-state index contributed by atoms with van der Waals surface area (Å²) in [5, 5.41) is 1.10. The number of aromatic nitrogens is 2. The summed E-state index contributed by atoms with van der Waals surface area (Å²) in [5.41, 5.74) is 1.70. The second-order valence-electron chi connectivity index (χ2n) is 6.50. The highest BCUT2D eigenvalue weighted by Gasteiger charge is 2.24. The van der Waals surface area contributed by atoms with E-state index in [-0.39, 0.29) is 11.1 Å². The van der Waals surface area contributed by atoms with Crippen LogP contribution in [0.15, 0.2) is 29.1 Å². The standard InChI is InChI=1S/C17H24N2O/c1-6-17(4,5)15-13-9-7-8-10-14(13)19(11-12(2)3)16(20)18-15/h7-10,12H,6,11H2,1-5H3. The van der Waals surface area contributed by atoms with E-state index in [2.05, 4.69) is 45.7 Å². The van der Waals surface area contributed by atoms with Gasteiger partial charge in [0.25, 0.3) is 0 Å². The van der Waals surface area contributed by atoms with Gasteiger partial charge in [0.05, 0.1) is 11.2 Å². The predicted octanol–water partition coefficient (Wildman–Crippen LogP) is 3.74. The smallest absolute Gasteiger partial charge is 0.292 e. The highest BCUT2D eigenvalue weighted by atomic mass is 16.1. The zero-order chi connectivity index (χ0) is 14.9. The fraction of sp³-hybridized carbons (Fsp3) is 0.529. The Morgan fingerprint density at radius 1 is 1.25 bits per heavy atom. The van der Waals surface area contributed by atoms with Crippen LogP contribution in [0.2, 0.25) is 0 Å². The van der Waals surface area contributed by atoms with Gasteiger partial charge in [-0.3, -0.25) is 4.57 Å². The molecule has 108 valence electrons. The van der Waals surface area contributed by atoms with Gasteiger partial charge in [-0.1, -0.05) is 52.8 Å². The molecular formula is C17H24N2O. The van der Waals surface area contributed by atoms with Crippen LogP contribution in [0.5, 0.6) is 0 Å². The summed E-state index contributed by atoms with van der Waals surface area (Å²) in [6.45, 7) is 11.4. The Hall–Kier alpha value is -1.64. The highest BCUT2D eigenvalue weighted by Crippen LogP contribution is 2.30. The van der Waals surface area contributed by atoms with Gasteiger partial charge < -0.3 is 0 Å². The lowest BCUT2D eigenvalue weighted by Gasteiger charge is -2.24. The molecule has 1 aromatic heterocycles. The molecule has 3 nitrogen and oxygen atoms in total. The van der Waals surface area contributed by atoms with E-state index in [1.165, 1.54) is 0 Å². The van der Waals surface area contributed by atoms with E-state index in [0.717, 1.165) is 23.0 Å². The molecule has 0 aliphatic rings. The SMILES string of the molecule is CCC(C)(C)c1nc(=O)n(CC(C)C)c2ccccc12. The van der Waals surface area contributed by atoms with Crippen molar-refractivity contribution in [2.45, 2.75) is 53.0 Å². The van der Waals surface area contributed by atoms with Crippen LogP contribution >= 0.6 is 0 Å². The predicted molar refractivity (Wildman–Crippen MR) is 84.2 cm³/mol. The van der Waals surface area contributed by atoms with Crippen LogP contribution in [0, 0.1) is 5.92 Å². The molecular weight excluding hydrogens is 248 g/mol. The summed E-state index contributed by atoms with van der Waals surface area (Å²) in [6, 6.07) is 8.10. The number of nitrogens with zero attached hydrogens (tertiary/aromatic N) is 2. The Balaban J connectivity index is 2.79. The number of rotatable bonds is 4. The lowest BCUT2D eigenvalue weighted by molar-refractivity contribution is 0.478. The molecule has 2 rings (SSSR count). The van der Waals surface area contributed by atoms with Crippen LogP contribution in [-0.4, -0.2) is 9.55 Å². The van der Waals surface area contributed by atoms with E-state index >= 15 is 0 Å². The summed E-state index contributed by atoms with van der Waals surface area (Å²) in [4.78, 5) is 16.8. The van der Waals surface area contributed by atoms with Crippen molar-refractivity contribution in [3.05, 3.63) is 40.4 Å². The number of fused-ring (bicyclic) bond motifs is 1. The van der Waals surface area contributed by atoms with Crippen LogP contribution in [0.25, 0.3) is 10.9 Å². The maximum atomic E-state index is 12.4. The molecule has 0 amide bonds. The fourth-order valence-electron chi connectivity index (χ4n) is 2.45. The van der Waals surface area contributed by atoms with Crippen molar-refractivity contribution in [1.82, 2.24) is 9.55 Å². The van der Waals surface area contributed by atoms with Crippen molar-refractivity contribution in [1.29, 1.82) is 0 Å². The first-order chi connectivity index (χ1) is 9.36. The second-order valence-corrected chi connectivity index (χ2v) is 6.50. The number of para-hydroxylation sites is 1. The van der Waals surface area contributed by atoms with Crippen molar-refractivity contribution in [3.63, 3.8) is 0 Å². The Morgan fingerprint density at radius 2 is 1.90 bits per heavy atom. The van der Waals surface area contributed by atoms with Crippen molar-refractivity contribution >= 4 is 10.9 Å². The summed E-state index contributed by atoms with van der Waals surface area (Å²) < 4.78 is 1.80. The molecule has 2 aromatic rings. The Morgan fingerprint density at radius 3 is 2.50 bits per heavy atom. The maximum Gasteiger partial charge on any atom is 0.348 e. The molecule has 0 fully saturated rings. The topological polar surface area (TPSA) is 34.9 Å². The molecule has 0 atom stereocenters. The molecule has 3 heteroatoms. The molecule has 20 heavy (non-hydrogen) atoms. The summed E-state index contributed by atoms with van der Waals surface area (Å²) >= 11 is 0. The van der Waals surface area contributed by atoms with Gasteiger partial charge in [-0.25, -0.2) is 4.79 Å². The highest BCUT2D eigenvalue weighted by molar-refractivity contribution is 5.82. The molecule has 0 bridgehead atoms. The molecule has 1 heterocycles. The average molecular weight is 272 g/mol. The van der Waals surface area contributed by atoms with Gasteiger partial charge in [0.15, 0.2) is 0 Å². The lowest BCUT2D eigenvalue weighted by Crippen LogP contribution is -2.30. The Labute approximate surface area is 120 Å². The van der Waals surface area contributed by atoms with Gasteiger partial charge in [-0.15, -0.1) is 0 Å². The molecule has 0 N–H and O–H groups in total. The van der Waals surface area contributed by atoms with Crippen molar-refractivity contribution < 1.29 is 0 Å². The van der Waals surface area contributed by atoms with Crippen molar-refractivity contribution in [2.75, 3.05) is 0 Å². The van der Waals surface area contributed by atoms with Crippen LogP contribution in [-0.2, 0) is 12.0 Å². The van der Waals surface area contributed by atoms with Gasteiger partial charge in [0, 0.05) is 17.3 Å². The number of hydrogen-bond acceptors (Lipinski definition) is 2. The minimum absolute atomic E-state index is 0.0876. The number of hydrogen-bond donors (Lipinski definition) is 0. The van der Waals surface area contributed by atoms with Gasteiger partial charge in [-0.2, -0.15) is 4.98 Å². The van der Waals surface area contributed by atoms with E-state index in [0.29, 0.717) is 12.5 Å². The van der Waals surface area contributed by atoms with E-state index in [9.17, 15) is 4.79 Å². The first-order valence-electron chi connectivity index (χ1n) is 7.37. The zero-order valence-electron chi connectivity index (χ0n) is 13.1. The molecule has 0 aliphatic heterocycles. The maximum absolute atomic E-state index is 12.4. The minimum atomic E-state index is -0.131. The van der Waals surface area contributed by atoms with Crippen molar-refractivity contribution in [2.24, 2.45) is 5.92 Å². The lowest BCUT2D eigenvalue weighted by atomic mass is 9.84. The molecule has 0 saturated heterocycles. The third-order valence-corrected chi connectivity index (χ3v) is 3.96. The van der Waals surface area contributed by atoms with Crippen molar-refractivity contribution in [3.8, 4) is 0 Å². The van der Waals surface area contributed by atoms with Crippen LogP contribution in [0.1, 0.15) is 46.7 Å². The molecule has 0 spiro atoms. The fourth-order valence-corrected chi connectivity index (χ4v) is 2.45. The van der Waals surface area contributed by atoms with Gasteiger partial charge >= 0.3 is 5.69 Å². The summed E-state index contributed by atoms with van der Waals surface area (Å²) in [5.74, 6) is 0.419.